The van der Waals surface area contributed by atoms with Crippen molar-refractivity contribution in [1.82, 2.24) is 5.32 Å². The van der Waals surface area contributed by atoms with Crippen molar-refractivity contribution in [2.45, 2.75) is 20.3 Å². The molecule has 0 aliphatic heterocycles. The van der Waals surface area contributed by atoms with Gasteiger partial charge < -0.3 is 10.1 Å². The Bertz CT molecular complexity index is 900. The maximum Gasteiger partial charge on any atom is 0.251 e. The maximum absolute atomic E-state index is 12.3. The molecule has 3 heteroatoms. The van der Waals surface area contributed by atoms with E-state index in [4.69, 9.17) is 4.74 Å². The summed E-state index contributed by atoms with van der Waals surface area (Å²) in [6.45, 7) is 4.91. The zero-order chi connectivity index (χ0) is 18.6. The predicted octanol–water partition coefficient (Wildman–Crippen LogP) is 4.85. The van der Waals surface area contributed by atoms with Crippen LogP contribution in [-0.4, -0.2) is 19.6 Å². The predicted molar refractivity (Wildman–Crippen MR) is 107 cm³/mol. The maximum atomic E-state index is 12.3. The molecule has 3 nitrogen and oxygen atoms in total. The third kappa shape index (κ3) is 4.05. The normalized spacial score (nSPS) is 11.3. The van der Waals surface area contributed by atoms with E-state index >= 15 is 0 Å². The van der Waals surface area contributed by atoms with Gasteiger partial charge in [0.1, 0.15) is 5.75 Å². The molecule has 0 radical (unpaired) electrons. The van der Waals surface area contributed by atoms with E-state index in [0.29, 0.717) is 12.1 Å². The topological polar surface area (TPSA) is 38.3 Å². The summed E-state index contributed by atoms with van der Waals surface area (Å²) in [5.41, 5.74) is 1.75. The summed E-state index contributed by atoms with van der Waals surface area (Å²) in [5, 5.41) is 5.35. The van der Waals surface area contributed by atoms with E-state index in [-0.39, 0.29) is 11.3 Å². The number of hydrogen-bond donors (Lipinski definition) is 1. The van der Waals surface area contributed by atoms with Gasteiger partial charge in [-0.2, -0.15) is 0 Å². The van der Waals surface area contributed by atoms with Crippen molar-refractivity contribution >= 4 is 16.7 Å². The number of rotatable bonds is 6. The molecule has 1 amide bonds. The molecule has 0 aliphatic carbocycles. The Morgan fingerprint density at radius 2 is 1.65 bits per heavy atom. The van der Waals surface area contributed by atoms with E-state index in [0.717, 1.165) is 23.1 Å². The minimum atomic E-state index is -0.0970. The molecule has 0 aromatic heterocycles. The van der Waals surface area contributed by atoms with Crippen LogP contribution in [0.5, 0.6) is 5.75 Å². The molecule has 0 saturated heterocycles. The van der Waals surface area contributed by atoms with Crippen LogP contribution in [0, 0.1) is 5.41 Å². The fourth-order valence-corrected chi connectivity index (χ4v) is 3.26. The fourth-order valence-electron chi connectivity index (χ4n) is 3.26. The van der Waals surface area contributed by atoms with Crippen LogP contribution in [0.1, 0.15) is 29.8 Å². The van der Waals surface area contributed by atoms with E-state index in [1.807, 2.05) is 42.5 Å². The molecule has 0 aliphatic rings. The van der Waals surface area contributed by atoms with Gasteiger partial charge in [0.05, 0.1) is 7.11 Å². The Balaban J connectivity index is 1.75. The van der Waals surface area contributed by atoms with Gasteiger partial charge >= 0.3 is 0 Å². The molecular weight excluding hydrogens is 322 g/mol. The van der Waals surface area contributed by atoms with E-state index in [9.17, 15) is 4.79 Å². The third-order valence-electron chi connectivity index (χ3n) is 4.60. The van der Waals surface area contributed by atoms with E-state index in [2.05, 4.69) is 43.4 Å². The summed E-state index contributed by atoms with van der Waals surface area (Å²) >= 11 is 0. The van der Waals surface area contributed by atoms with Gasteiger partial charge in [0.2, 0.25) is 0 Å². The summed E-state index contributed by atoms with van der Waals surface area (Å²) < 4.78 is 5.71. The molecular formula is C23H25NO2. The summed E-state index contributed by atoms with van der Waals surface area (Å²) in [4.78, 5) is 12.3. The van der Waals surface area contributed by atoms with Crippen molar-refractivity contribution in [2.75, 3.05) is 13.7 Å². The van der Waals surface area contributed by atoms with E-state index < -0.39 is 0 Å². The highest BCUT2D eigenvalue weighted by Gasteiger charge is 2.22. The van der Waals surface area contributed by atoms with Gasteiger partial charge in [0.15, 0.2) is 0 Å². The molecule has 0 spiro atoms. The van der Waals surface area contributed by atoms with Gasteiger partial charge in [0, 0.05) is 17.5 Å². The summed E-state index contributed by atoms with van der Waals surface area (Å²) in [7, 11) is 1.72. The van der Waals surface area contributed by atoms with Crippen LogP contribution in [-0.2, 0) is 6.42 Å². The Kier molecular flexibility index (Phi) is 5.27. The second-order valence-corrected chi connectivity index (χ2v) is 7.37. The largest absolute Gasteiger partial charge is 0.496 e. The molecule has 3 rings (SSSR count). The second kappa shape index (κ2) is 7.61. The van der Waals surface area contributed by atoms with Gasteiger partial charge in [0.25, 0.3) is 5.91 Å². The number of carbonyl (C=O) groups is 1. The van der Waals surface area contributed by atoms with Crippen LogP contribution in [0.2, 0.25) is 0 Å². The number of ether oxygens (including phenoxy) is 1. The lowest BCUT2D eigenvalue weighted by Crippen LogP contribution is -2.35. The summed E-state index contributed by atoms with van der Waals surface area (Å²) in [5.74, 6) is 0.884. The van der Waals surface area contributed by atoms with Crippen molar-refractivity contribution in [1.29, 1.82) is 0 Å². The Morgan fingerprint density at radius 1 is 0.962 bits per heavy atom. The number of hydrogen-bond acceptors (Lipinski definition) is 2. The number of nitrogens with one attached hydrogen (secondary N) is 1. The van der Waals surface area contributed by atoms with Crippen LogP contribution in [0.25, 0.3) is 10.8 Å². The molecule has 26 heavy (non-hydrogen) atoms. The smallest absolute Gasteiger partial charge is 0.251 e. The molecule has 0 atom stereocenters. The average molecular weight is 347 g/mol. The van der Waals surface area contributed by atoms with Crippen LogP contribution in [0.4, 0.5) is 0 Å². The van der Waals surface area contributed by atoms with Crippen molar-refractivity contribution in [2.24, 2.45) is 5.41 Å². The lowest BCUT2D eigenvalue weighted by molar-refractivity contribution is 0.0936. The first-order chi connectivity index (χ1) is 12.5. The molecule has 3 aromatic carbocycles. The Hall–Kier alpha value is -2.81. The number of benzene rings is 3. The van der Waals surface area contributed by atoms with Crippen LogP contribution in [0.15, 0.2) is 66.7 Å². The average Bonchev–Trinajstić information content (AvgIpc) is 2.66. The first-order valence-corrected chi connectivity index (χ1v) is 8.88. The molecule has 1 N–H and O–H groups in total. The van der Waals surface area contributed by atoms with Gasteiger partial charge in [-0.05, 0) is 34.9 Å². The van der Waals surface area contributed by atoms with Crippen molar-refractivity contribution in [3.05, 3.63) is 77.9 Å². The molecule has 3 aromatic rings. The molecule has 0 saturated carbocycles. The van der Waals surface area contributed by atoms with Crippen molar-refractivity contribution in [3.63, 3.8) is 0 Å². The highest BCUT2D eigenvalue weighted by atomic mass is 16.5. The lowest BCUT2D eigenvalue weighted by atomic mass is 9.84. The van der Waals surface area contributed by atoms with E-state index in [1.54, 1.807) is 7.11 Å². The van der Waals surface area contributed by atoms with Crippen LogP contribution < -0.4 is 10.1 Å². The standard InChI is InChI=1S/C23H25NO2/c1-23(2,16-24-22(25)18-10-5-4-6-11-18)15-19-14-13-17-9-7-8-12-20(17)21(19)26-3/h4-14H,15-16H2,1-3H3,(H,24,25). The van der Waals surface area contributed by atoms with Gasteiger partial charge in [-0.1, -0.05) is 68.4 Å². The Morgan fingerprint density at radius 3 is 2.38 bits per heavy atom. The number of amides is 1. The number of carbonyl (C=O) groups excluding carboxylic acids is 1. The minimum absolute atomic E-state index is 0.0378. The highest BCUT2D eigenvalue weighted by molar-refractivity contribution is 5.94. The van der Waals surface area contributed by atoms with Crippen LogP contribution >= 0.6 is 0 Å². The van der Waals surface area contributed by atoms with Crippen molar-refractivity contribution < 1.29 is 9.53 Å². The molecule has 134 valence electrons. The minimum Gasteiger partial charge on any atom is -0.496 e. The SMILES string of the molecule is COc1c(CC(C)(C)CNC(=O)c2ccccc2)ccc2ccccc12. The fraction of sp³-hybridized carbons (Fsp3) is 0.261. The van der Waals surface area contributed by atoms with Gasteiger partial charge in [-0.3, -0.25) is 4.79 Å². The zero-order valence-corrected chi connectivity index (χ0v) is 15.6. The zero-order valence-electron chi connectivity index (χ0n) is 15.6. The van der Waals surface area contributed by atoms with E-state index in [1.165, 1.54) is 5.39 Å². The first-order valence-electron chi connectivity index (χ1n) is 8.88. The molecule has 0 heterocycles. The van der Waals surface area contributed by atoms with Crippen LogP contribution in [0.3, 0.4) is 0 Å². The Labute approximate surface area is 155 Å². The second-order valence-electron chi connectivity index (χ2n) is 7.37. The third-order valence-corrected chi connectivity index (χ3v) is 4.60. The molecule has 0 unspecified atom stereocenters. The monoisotopic (exact) mass is 347 g/mol. The summed E-state index contributed by atoms with van der Waals surface area (Å²) in [6, 6.07) is 21.8. The highest BCUT2D eigenvalue weighted by Crippen LogP contribution is 2.33. The quantitative estimate of drug-likeness (QED) is 0.692. The first kappa shape index (κ1) is 18.0. The van der Waals surface area contributed by atoms with Gasteiger partial charge in [-0.15, -0.1) is 0 Å². The number of methoxy groups -OCH3 is 1. The molecule has 0 bridgehead atoms. The number of fused-ring (bicyclic) bond motifs is 1. The van der Waals surface area contributed by atoms with Crippen molar-refractivity contribution in [3.8, 4) is 5.75 Å². The van der Waals surface area contributed by atoms with Gasteiger partial charge in [-0.25, -0.2) is 0 Å². The lowest BCUT2D eigenvalue weighted by Gasteiger charge is -2.26. The molecule has 0 fully saturated rings. The summed E-state index contributed by atoms with van der Waals surface area (Å²) in [6.07, 6.45) is 0.816.